The molecule has 29 heteroatoms. The van der Waals surface area contributed by atoms with Gasteiger partial charge in [0.1, 0.15) is 66.2 Å². The molecule has 0 radical (unpaired) electrons. The number of rotatable bonds is 19. The number of carbonyl (C=O) groups excluding carboxylic acids is 12. The van der Waals surface area contributed by atoms with Crippen LogP contribution in [0.3, 0.4) is 0 Å². The molecule has 99 heavy (non-hydrogen) atoms. The van der Waals surface area contributed by atoms with Gasteiger partial charge < -0.3 is 85.0 Å². The van der Waals surface area contributed by atoms with Crippen LogP contribution in [-0.2, 0) is 83.2 Å². The van der Waals surface area contributed by atoms with Crippen molar-refractivity contribution in [2.24, 2.45) is 29.0 Å². The predicted molar refractivity (Wildman–Crippen MR) is 370 cm³/mol. The maximum atomic E-state index is 15.4. The zero-order valence-electron chi connectivity index (χ0n) is 55.7. The Kier molecular flexibility index (Phi) is 27.5. The van der Waals surface area contributed by atoms with Gasteiger partial charge >= 0.3 is 0 Å². The summed E-state index contributed by atoms with van der Waals surface area (Å²) in [5.41, 5.74) is 20.8. The molecular weight excluding hydrogens is 1290 g/mol. The number of nitrogens with zero attached hydrogens (tertiary/aromatic N) is 1. The third-order valence-electron chi connectivity index (χ3n) is 17.5. The number of phenols is 1. The number of benzene rings is 4. The standard InChI is InChI=1S/C70H89N15O13.ClH/c1-38(2)30-51-63(91)83-56(32-40-14-6-5-7-15-40)70(98)85-29-13-21-57(85)68(96)82-54(34-43-37-75-48-19-11-9-17-46(43)48)65(93)80-53(33-42-36-74-47-18-10-8-16-45(42)47)64(92)81-55(35-59(73)88)66(94)76-50(26-27-58(72)87)62(90)79-52(31-41-22-24-44(86)25-23-41)67(95)84-60(39(3)4)69(97)77-49(20-12-28-71)61(89)78-51;/h5-11,14-19,22-25,36-39,49-57,60,74-75,86H,12-13,20-21,26-35,71H2,1-4H3,(H2,72,87)(H2,73,88)(H,76,94)(H,77,97)(H,78,89)(H,79,90)(H,80,93)(H,81,92)(H,82,96)(H,83,91)(H,84,95);1H/t49-,50-,51-,52-,53+,54-,55-,56+,57-,60-;/m0./s1. The molecule has 2 saturated heterocycles. The zero-order chi connectivity index (χ0) is 70.7. The lowest BCUT2D eigenvalue weighted by atomic mass is 9.98. The van der Waals surface area contributed by atoms with E-state index in [0.717, 1.165) is 0 Å². The van der Waals surface area contributed by atoms with Crippen LogP contribution in [0.25, 0.3) is 21.8 Å². The second-order valence-electron chi connectivity index (χ2n) is 25.8. The first-order valence-corrected chi connectivity index (χ1v) is 33.1. The highest BCUT2D eigenvalue weighted by atomic mass is 35.5. The van der Waals surface area contributed by atoms with Gasteiger partial charge in [0.15, 0.2) is 0 Å². The lowest BCUT2D eigenvalue weighted by molar-refractivity contribution is -0.142. The summed E-state index contributed by atoms with van der Waals surface area (Å²) >= 11 is 0. The molecule has 2 aliphatic heterocycles. The molecule has 0 saturated carbocycles. The number of hydrogen-bond donors (Lipinski definition) is 15. The Bertz CT molecular complexity index is 3860. The van der Waals surface area contributed by atoms with Gasteiger partial charge in [-0.15, -0.1) is 12.4 Å². The van der Waals surface area contributed by atoms with Gasteiger partial charge in [0, 0.05) is 72.8 Å². The van der Waals surface area contributed by atoms with E-state index >= 15 is 19.2 Å². The van der Waals surface area contributed by atoms with Crippen molar-refractivity contribution < 1.29 is 62.6 Å². The number of carbonyl (C=O) groups is 12. The molecule has 2 aromatic heterocycles. The fourth-order valence-corrected chi connectivity index (χ4v) is 12.3. The van der Waals surface area contributed by atoms with Gasteiger partial charge in [0.05, 0.1) is 6.42 Å². The topological polar surface area (TPSA) is 446 Å². The summed E-state index contributed by atoms with van der Waals surface area (Å²) in [5.74, 6) is -11.9. The fourth-order valence-electron chi connectivity index (χ4n) is 12.3. The number of amides is 12. The van der Waals surface area contributed by atoms with Crippen LogP contribution in [0, 0.1) is 11.8 Å². The van der Waals surface area contributed by atoms with Gasteiger partial charge in [0.25, 0.3) is 0 Å². The molecule has 4 aromatic carbocycles. The smallest absolute Gasteiger partial charge is 0.246 e. The molecule has 2 fully saturated rings. The second kappa shape index (κ2) is 35.8. The van der Waals surface area contributed by atoms with E-state index in [4.69, 9.17) is 17.2 Å². The van der Waals surface area contributed by atoms with Gasteiger partial charge in [-0.1, -0.05) is 107 Å². The van der Waals surface area contributed by atoms with E-state index in [2.05, 4.69) is 57.8 Å². The van der Waals surface area contributed by atoms with Crippen LogP contribution in [0.5, 0.6) is 5.75 Å². The van der Waals surface area contributed by atoms with Crippen LogP contribution in [-0.4, -0.2) is 164 Å². The molecule has 28 nitrogen and oxygen atoms in total. The minimum Gasteiger partial charge on any atom is -0.508 e. The minimum absolute atomic E-state index is 0. The van der Waals surface area contributed by atoms with Crippen molar-refractivity contribution in [3.8, 4) is 5.75 Å². The number of primary amides is 2. The number of aromatic hydroxyl groups is 1. The Morgan fingerprint density at radius 2 is 0.939 bits per heavy atom. The highest BCUT2D eigenvalue weighted by molar-refractivity contribution is 6.01. The number of aromatic amines is 2. The molecule has 18 N–H and O–H groups in total. The first-order chi connectivity index (χ1) is 46.8. The number of fused-ring (bicyclic) bond motifs is 3. The number of phenolic OH excluding ortho intramolecular Hbond substituents is 1. The van der Waals surface area contributed by atoms with Crippen LogP contribution >= 0.6 is 12.4 Å². The lowest BCUT2D eigenvalue weighted by Crippen LogP contribution is -2.62. The number of para-hydroxylation sites is 2. The van der Waals surface area contributed by atoms with Gasteiger partial charge in [0.2, 0.25) is 70.9 Å². The molecule has 4 heterocycles. The van der Waals surface area contributed by atoms with Crippen molar-refractivity contribution in [1.82, 2.24) is 62.7 Å². The van der Waals surface area contributed by atoms with Crippen molar-refractivity contribution in [2.75, 3.05) is 13.1 Å². The summed E-state index contributed by atoms with van der Waals surface area (Å²) in [6.45, 7) is 7.03. The summed E-state index contributed by atoms with van der Waals surface area (Å²) < 4.78 is 0. The van der Waals surface area contributed by atoms with Crippen LogP contribution < -0.4 is 65.1 Å². The van der Waals surface area contributed by atoms with Crippen molar-refractivity contribution in [3.63, 3.8) is 0 Å². The van der Waals surface area contributed by atoms with Crippen LogP contribution in [0.1, 0.15) is 101 Å². The minimum atomic E-state index is -1.88. The average molecular weight is 1390 g/mol. The maximum absolute atomic E-state index is 15.4. The van der Waals surface area contributed by atoms with Gasteiger partial charge in [-0.2, -0.15) is 0 Å². The molecule has 0 bridgehead atoms. The third-order valence-corrected chi connectivity index (χ3v) is 17.5. The Morgan fingerprint density at radius 1 is 0.495 bits per heavy atom. The molecule has 2 aliphatic rings. The Hall–Kier alpha value is -10.4. The quantitative estimate of drug-likeness (QED) is 0.0538. The Labute approximate surface area is 578 Å². The van der Waals surface area contributed by atoms with Crippen molar-refractivity contribution in [1.29, 1.82) is 0 Å². The number of halogens is 1. The van der Waals surface area contributed by atoms with Crippen molar-refractivity contribution in [3.05, 3.63) is 138 Å². The molecule has 10 atom stereocenters. The SMILES string of the molecule is CC(C)C[C@@H]1NC(=O)[C@H](CCCN)NC(=O)[C@H](C(C)C)NC(=O)[C@H](Cc2ccc(O)cc2)NC(=O)[C@H](CCC(N)=O)NC(=O)[C@H](CC(N)=O)NC(=O)[C@@H](Cc2c[nH]c3ccccc23)NC(=O)[C@H](Cc2c[nH]c3ccccc23)NC(=O)[C@@H]2CCCN2C(=O)[C@@H](Cc2ccccc2)NC1=O.Cl. The number of aromatic nitrogens is 2. The van der Waals surface area contributed by atoms with E-state index in [9.17, 15) is 43.5 Å². The molecule has 530 valence electrons. The second-order valence-corrected chi connectivity index (χ2v) is 25.8. The molecule has 8 rings (SSSR count). The molecular formula is C70H90ClN15O13. The van der Waals surface area contributed by atoms with Crippen LogP contribution in [0.4, 0.5) is 0 Å². The van der Waals surface area contributed by atoms with E-state index < -0.39 is 156 Å². The van der Waals surface area contributed by atoms with Crippen molar-refractivity contribution in [2.45, 2.75) is 165 Å². The molecule has 6 aromatic rings. The summed E-state index contributed by atoms with van der Waals surface area (Å²) in [6.07, 6.45) is 1.32. The zero-order valence-corrected chi connectivity index (χ0v) is 56.5. The number of hydrogen-bond acceptors (Lipinski definition) is 14. The number of nitrogens with two attached hydrogens (primary N) is 3. The van der Waals surface area contributed by atoms with Crippen LogP contribution in [0.2, 0.25) is 0 Å². The Balaban J connectivity index is 0.0000138. The summed E-state index contributed by atoms with van der Waals surface area (Å²) in [6, 6.07) is 13.9. The molecule has 0 unspecified atom stereocenters. The van der Waals surface area contributed by atoms with E-state index in [1.807, 2.05) is 32.0 Å². The third kappa shape index (κ3) is 21.1. The number of nitrogens with one attached hydrogen (secondary N) is 11. The van der Waals surface area contributed by atoms with E-state index in [0.29, 0.717) is 50.5 Å². The monoisotopic (exact) mass is 1380 g/mol. The molecule has 0 aliphatic carbocycles. The highest BCUT2D eigenvalue weighted by Gasteiger charge is 2.42. The normalized spacial score (nSPS) is 23.1. The highest BCUT2D eigenvalue weighted by Crippen LogP contribution is 2.25. The molecule has 0 spiro atoms. The lowest BCUT2D eigenvalue weighted by Gasteiger charge is -2.32. The maximum Gasteiger partial charge on any atom is 0.246 e. The summed E-state index contributed by atoms with van der Waals surface area (Å²) in [4.78, 5) is 182. The molecule has 12 amide bonds. The van der Waals surface area contributed by atoms with E-state index in [1.165, 1.54) is 29.2 Å². The first kappa shape index (κ1) is 76.0. The number of H-pyrrole nitrogens is 2. The summed E-state index contributed by atoms with van der Waals surface area (Å²) in [5, 5.41) is 36.0. The van der Waals surface area contributed by atoms with Gasteiger partial charge in [-0.05, 0) is 103 Å². The largest absolute Gasteiger partial charge is 0.508 e. The average Bonchev–Trinajstić information content (AvgIpc) is 1.74. The summed E-state index contributed by atoms with van der Waals surface area (Å²) in [7, 11) is 0. The van der Waals surface area contributed by atoms with Crippen LogP contribution in [0.15, 0.2) is 116 Å². The fraction of sp³-hybridized carbons (Fsp3) is 0.429. The van der Waals surface area contributed by atoms with Crippen molar-refractivity contribution >= 4 is 105 Å². The van der Waals surface area contributed by atoms with Gasteiger partial charge in [-0.3, -0.25) is 57.5 Å². The first-order valence-electron chi connectivity index (χ1n) is 33.1. The Morgan fingerprint density at radius 3 is 1.49 bits per heavy atom. The van der Waals surface area contributed by atoms with E-state index in [1.54, 1.807) is 86.9 Å². The van der Waals surface area contributed by atoms with Gasteiger partial charge in [-0.25, -0.2) is 0 Å². The van der Waals surface area contributed by atoms with E-state index in [-0.39, 0.29) is 88.5 Å². The predicted octanol–water partition coefficient (Wildman–Crippen LogP) is 0.997.